The van der Waals surface area contributed by atoms with Crippen LogP contribution in [0, 0.1) is 5.82 Å². The first-order chi connectivity index (χ1) is 8.47. The second-order valence-corrected chi connectivity index (χ2v) is 3.58. The maximum Gasteiger partial charge on any atom is 0.387 e. The van der Waals surface area contributed by atoms with Gasteiger partial charge in [-0.25, -0.2) is 4.39 Å². The first kappa shape index (κ1) is 14.6. The van der Waals surface area contributed by atoms with Crippen molar-refractivity contribution in [1.82, 2.24) is 0 Å². The van der Waals surface area contributed by atoms with E-state index in [9.17, 15) is 18.0 Å². The number of methoxy groups -OCH3 is 1. The van der Waals surface area contributed by atoms with Crippen LogP contribution in [0.3, 0.4) is 0 Å². The number of carbonyl (C=O) groups is 1. The van der Waals surface area contributed by atoms with Gasteiger partial charge in [-0.05, 0) is 12.1 Å². The van der Waals surface area contributed by atoms with Gasteiger partial charge in [0.1, 0.15) is 11.6 Å². The van der Waals surface area contributed by atoms with Crippen LogP contribution in [-0.4, -0.2) is 19.7 Å². The molecular formula is C11H10ClF3O3. The van der Waals surface area contributed by atoms with Gasteiger partial charge in [-0.3, -0.25) is 4.79 Å². The zero-order valence-corrected chi connectivity index (χ0v) is 10.1. The summed E-state index contributed by atoms with van der Waals surface area (Å²) in [5.41, 5.74) is -0.00514. The molecule has 0 amide bonds. The lowest BCUT2D eigenvalue weighted by molar-refractivity contribution is -0.139. The molecule has 0 N–H and O–H groups in total. The molecule has 0 atom stereocenters. The van der Waals surface area contributed by atoms with Gasteiger partial charge in [-0.2, -0.15) is 8.78 Å². The minimum absolute atomic E-state index is 0.0148. The van der Waals surface area contributed by atoms with Gasteiger partial charge >= 0.3 is 12.6 Å². The molecule has 1 aromatic rings. The number of benzene rings is 1. The molecule has 1 aromatic carbocycles. The second-order valence-electron chi connectivity index (χ2n) is 3.32. The van der Waals surface area contributed by atoms with Gasteiger partial charge in [-0.15, -0.1) is 11.6 Å². The van der Waals surface area contributed by atoms with Crippen molar-refractivity contribution in [1.29, 1.82) is 0 Å². The van der Waals surface area contributed by atoms with Crippen LogP contribution in [0.15, 0.2) is 12.1 Å². The van der Waals surface area contributed by atoms with Crippen LogP contribution in [0.2, 0.25) is 0 Å². The summed E-state index contributed by atoms with van der Waals surface area (Å²) in [5.74, 6) is -1.85. The van der Waals surface area contributed by atoms with Crippen LogP contribution >= 0.6 is 11.6 Å². The standard InChI is InChI=1S/C11H10ClF3O3/c1-17-10(16)4-6-2-8(13)7(5-12)3-9(6)18-11(14)15/h2-3,11H,4-5H2,1H3. The quantitative estimate of drug-likeness (QED) is 0.615. The van der Waals surface area contributed by atoms with E-state index >= 15 is 0 Å². The number of alkyl halides is 3. The Balaban J connectivity index is 3.12. The van der Waals surface area contributed by atoms with Crippen LogP contribution in [0.25, 0.3) is 0 Å². The van der Waals surface area contributed by atoms with E-state index in [1.807, 2.05) is 0 Å². The number of esters is 1. The molecule has 3 nitrogen and oxygen atoms in total. The van der Waals surface area contributed by atoms with Crippen molar-refractivity contribution >= 4 is 17.6 Å². The molecule has 0 aromatic heterocycles. The fraction of sp³-hybridized carbons (Fsp3) is 0.364. The van der Waals surface area contributed by atoms with Gasteiger partial charge < -0.3 is 9.47 Å². The number of carbonyl (C=O) groups excluding carboxylic acids is 1. The van der Waals surface area contributed by atoms with Gasteiger partial charge in [-0.1, -0.05) is 0 Å². The van der Waals surface area contributed by atoms with Crippen molar-refractivity contribution in [3.8, 4) is 5.75 Å². The van der Waals surface area contributed by atoms with E-state index in [0.717, 1.165) is 19.2 Å². The molecule has 1 rings (SSSR count). The SMILES string of the molecule is COC(=O)Cc1cc(F)c(CCl)cc1OC(F)F. The lowest BCUT2D eigenvalue weighted by Crippen LogP contribution is -2.10. The topological polar surface area (TPSA) is 35.5 Å². The van der Waals surface area contributed by atoms with E-state index in [-0.39, 0.29) is 29.2 Å². The normalized spacial score (nSPS) is 10.6. The van der Waals surface area contributed by atoms with Crippen molar-refractivity contribution < 1.29 is 27.4 Å². The van der Waals surface area contributed by atoms with E-state index in [1.54, 1.807) is 0 Å². The Labute approximate surface area is 106 Å². The minimum Gasteiger partial charge on any atom is -0.469 e. The first-order valence-electron chi connectivity index (χ1n) is 4.86. The molecule has 0 heterocycles. The Hall–Kier alpha value is -1.43. The zero-order valence-electron chi connectivity index (χ0n) is 9.38. The van der Waals surface area contributed by atoms with Crippen molar-refractivity contribution in [3.63, 3.8) is 0 Å². The number of ether oxygens (including phenoxy) is 2. The molecule has 0 radical (unpaired) electrons. The predicted molar refractivity (Wildman–Crippen MR) is 58.3 cm³/mol. The van der Waals surface area contributed by atoms with Gasteiger partial charge in [0.25, 0.3) is 0 Å². The Bertz CT molecular complexity index is 438. The van der Waals surface area contributed by atoms with Gasteiger partial charge in [0, 0.05) is 11.1 Å². The van der Waals surface area contributed by atoms with E-state index in [2.05, 4.69) is 9.47 Å². The minimum atomic E-state index is -3.07. The summed E-state index contributed by atoms with van der Waals surface area (Å²) in [6.07, 6.45) is -0.363. The van der Waals surface area contributed by atoms with Crippen LogP contribution in [0.1, 0.15) is 11.1 Å². The van der Waals surface area contributed by atoms with Crippen molar-refractivity contribution in [2.75, 3.05) is 7.11 Å². The van der Waals surface area contributed by atoms with Crippen molar-refractivity contribution in [2.24, 2.45) is 0 Å². The third-order valence-corrected chi connectivity index (χ3v) is 2.44. The summed E-state index contributed by atoms with van der Waals surface area (Å²) in [5, 5.41) is 0. The molecule has 100 valence electrons. The molecular weight excluding hydrogens is 273 g/mol. The molecule has 0 fully saturated rings. The highest BCUT2D eigenvalue weighted by Gasteiger charge is 2.16. The average molecular weight is 283 g/mol. The summed E-state index contributed by atoms with van der Waals surface area (Å²) in [7, 11) is 1.14. The molecule has 0 unspecified atom stereocenters. The fourth-order valence-electron chi connectivity index (χ4n) is 1.31. The zero-order chi connectivity index (χ0) is 13.7. The van der Waals surface area contributed by atoms with Gasteiger partial charge in [0.2, 0.25) is 0 Å². The van der Waals surface area contributed by atoms with Crippen molar-refractivity contribution in [3.05, 3.63) is 29.1 Å². The van der Waals surface area contributed by atoms with Gasteiger partial charge in [0.05, 0.1) is 19.4 Å². The highest BCUT2D eigenvalue weighted by molar-refractivity contribution is 6.17. The summed E-state index contributed by atoms with van der Waals surface area (Å²) in [4.78, 5) is 11.1. The van der Waals surface area contributed by atoms with Crippen LogP contribution in [-0.2, 0) is 21.8 Å². The Morgan fingerprint density at radius 2 is 2.06 bits per heavy atom. The monoisotopic (exact) mass is 282 g/mol. The average Bonchev–Trinajstić information content (AvgIpc) is 2.31. The molecule has 0 saturated carbocycles. The highest BCUT2D eigenvalue weighted by Crippen LogP contribution is 2.26. The number of hydrogen-bond acceptors (Lipinski definition) is 3. The first-order valence-corrected chi connectivity index (χ1v) is 5.40. The van der Waals surface area contributed by atoms with E-state index in [1.165, 1.54) is 0 Å². The van der Waals surface area contributed by atoms with E-state index in [0.29, 0.717) is 0 Å². The molecule has 0 aliphatic rings. The van der Waals surface area contributed by atoms with Crippen molar-refractivity contribution in [2.45, 2.75) is 18.9 Å². The number of hydrogen-bond donors (Lipinski definition) is 0. The highest BCUT2D eigenvalue weighted by atomic mass is 35.5. The number of rotatable bonds is 5. The molecule has 7 heteroatoms. The fourth-order valence-corrected chi connectivity index (χ4v) is 1.52. The summed E-state index contributed by atoms with van der Waals surface area (Å²) in [6.45, 7) is -3.07. The van der Waals surface area contributed by atoms with E-state index < -0.39 is 18.4 Å². The van der Waals surface area contributed by atoms with Crippen LogP contribution in [0.5, 0.6) is 5.75 Å². The molecule has 0 aliphatic carbocycles. The molecule has 0 aliphatic heterocycles. The van der Waals surface area contributed by atoms with Gasteiger partial charge in [0.15, 0.2) is 0 Å². The smallest absolute Gasteiger partial charge is 0.387 e. The van der Waals surface area contributed by atoms with E-state index in [4.69, 9.17) is 11.6 Å². The maximum absolute atomic E-state index is 13.4. The Kier molecular flexibility index (Phi) is 5.27. The van der Waals surface area contributed by atoms with Crippen LogP contribution < -0.4 is 4.74 Å². The molecule has 0 bridgehead atoms. The summed E-state index contributed by atoms with van der Waals surface area (Å²) >= 11 is 5.45. The largest absolute Gasteiger partial charge is 0.469 e. The molecule has 0 spiro atoms. The number of halogens is 4. The Morgan fingerprint density at radius 3 is 2.56 bits per heavy atom. The lowest BCUT2D eigenvalue weighted by Gasteiger charge is -2.12. The summed E-state index contributed by atoms with van der Waals surface area (Å²) < 4.78 is 46.4. The summed E-state index contributed by atoms with van der Waals surface area (Å²) in [6, 6.07) is 1.99. The lowest BCUT2D eigenvalue weighted by atomic mass is 10.1. The second kappa shape index (κ2) is 6.49. The van der Waals surface area contributed by atoms with Crippen LogP contribution in [0.4, 0.5) is 13.2 Å². The third kappa shape index (κ3) is 3.80. The third-order valence-electron chi connectivity index (χ3n) is 2.15. The predicted octanol–water partition coefficient (Wildman–Crippen LogP) is 2.88. The Morgan fingerprint density at radius 1 is 1.39 bits per heavy atom. The molecule has 0 saturated heterocycles. The maximum atomic E-state index is 13.4. The molecule has 18 heavy (non-hydrogen) atoms.